The summed E-state index contributed by atoms with van der Waals surface area (Å²) in [6.45, 7) is 11.7. The van der Waals surface area contributed by atoms with E-state index in [-0.39, 0.29) is 24.0 Å². The van der Waals surface area contributed by atoms with Crippen LogP contribution in [0, 0.1) is 5.92 Å². The Hall–Kier alpha value is -0.290. The molecule has 2 N–H and O–H groups in total. The second-order valence-electron chi connectivity index (χ2n) is 7.97. The maximum atomic E-state index is 12.4. The lowest BCUT2D eigenvalue weighted by atomic mass is 9.93. The minimum Gasteiger partial charge on any atom is -0.356 e. The molecule has 1 aliphatic rings. The maximum absolute atomic E-state index is 12.4. The fourth-order valence-corrected chi connectivity index (χ4v) is 3.72. The summed E-state index contributed by atoms with van der Waals surface area (Å²) in [5.74, 6) is 1.27. The summed E-state index contributed by atoms with van der Waals surface area (Å²) in [4.78, 5) is 8.19. The highest BCUT2D eigenvalue weighted by Gasteiger charge is 2.32. The first-order valence-corrected chi connectivity index (χ1v) is 10.1. The number of nitrogens with zero attached hydrogens (tertiary/aromatic N) is 3. The zero-order chi connectivity index (χ0) is 20.4. The first-order valence-electron chi connectivity index (χ1n) is 10.1. The highest BCUT2D eigenvalue weighted by atomic mass is 127. The third kappa shape index (κ3) is 11.6. The topological polar surface area (TPSA) is 42.9 Å². The van der Waals surface area contributed by atoms with Crippen LogP contribution in [-0.2, 0) is 0 Å². The van der Waals surface area contributed by atoms with Crippen LogP contribution in [0.4, 0.5) is 13.2 Å². The lowest BCUT2D eigenvalue weighted by Gasteiger charge is -2.32. The molecule has 1 aliphatic heterocycles. The maximum Gasteiger partial charge on any atom is 0.401 e. The molecule has 9 heteroatoms. The number of rotatable bonds is 9. The van der Waals surface area contributed by atoms with Crippen molar-refractivity contribution in [2.45, 2.75) is 65.2 Å². The van der Waals surface area contributed by atoms with Crippen LogP contribution in [-0.4, -0.2) is 80.3 Å². The molecule has 0 amide bonds. The van der Waals surface area contributed by atoms with Crippen LogP contribution in [0.1, 0.15) is 47.0 Å². The summed E-state index contributed by atoms with van der Waals surface area (Å²) in [7, 11) is 1.76. The Labute approximate surface area is 185 Å². The van der Waals surface area contributed by atoms with Gasteiger partial charge in [0.25, 0.3) is 0 Å². The molecule has 168 valence electrons. The Bertz CT molecular complexity index is 428. The van der Waals surface area contributed by atoms with Gasteiger partial charge in [0, 0.05) is 38.8 Å². The standard InChI is InChI=1S/C19H38F3N5.HI/c1-15(2)27(16(3)4)13-10-25-18(23-5)24-9-6-17-7-11-26(12-8-17)14-19(20,21)22;/h15-17H,6-14H2,1-5H3,(H2,23,24,25);1H. The highest BCUT2D eigenvalue weighted by Crippen LogP contribution is 2.23. The van der Waals surface area contributed by atoms with E-state index in [0.717, 1.165) is 44.9 Å². The number of aliphatic imine (C=N–C) groups is 1. The summed E-state index contributed by atoms with van der Waals surface area (Å²) < 4.78 is 37.3. The van der Waals surface area contributed by atoms with Gasteiger partial charge in [-0.25, -0.2) is 0 Å². The number of likely N-dealkylation sites (tertiary alicyclic amines) is 1. The second-order valence-corrected chi connectivity index (χ2v) is 7.97. The minimum absolute atomic E-state index is 0. The molecule has 0 unspecified atom stereocenters. The lowest BCUT2D eigenvalue weighted by molar-refractivity contribution is -0.148. The number of nitrogens with one attached hydrogen (secondary N) is 2. The van der Waals surface area contributed by atoms with Crippen LogP contribution < -0.4 is 10.6 Å². The van der Waals surface area contributed by atoms with Gasteiger partial charge < -0.3 is 10.6 Å². The monoisotopic (exact) mass is 521 g/mol. The number of hydrogen-bond donors (Lipinski definition) is 2. The van der Waals surface area contributed by atoms with Gasteiger partial charge >= 0.3 is 6.18 Å². The van der Waals surface area contributed by atoms with Crippen molar-refractivity contribution in [1.29, 1.82) is 0 Å². The first kappa shape index (κ1) is 27.7. The quantitative estimate of drug-likeness (QED) is 0.277. The Morgan fingerprint density at radius 2 is 1.61 bits per heavy atom. The van der Waals surface area contributed by atoms with Gasteiger partial charge in [-0.2, -0.15) is 13.2 Å². The number of piperidine rings is 1. The largest absolute Gasteiger partial charge is 0.401 e. The predicted octanol–water partition coefficient (Wildman–Crippen LogP) is 3.55. The molecular formula is C19H39F3IN5. The molecule has 1 heterocycles. The van der Waals surface area contributed by atoms with Crippen molar-refractivity contribution < 1.29 is 13.2 Å². The minimum atomic E-state index is -4.09. The van der Waals surface area contributed by atoms with Crippen molar-refractivity contribution in [3.8, 4) is 0 Å². The van der Waals surface area contributed by atoms with Crippen LogP contribution in [0.2, 0.25) is 0 Å². The SMILES string of the molecule is CN=C(NCCC1CCN(CC(F)(F)F)CC1)NCCN(C(C)C)C(C)C.I. The number of guanidine groups is 1. The summed E-state index contributed by atoms with van der Waals surface area (Å²) in [6.07, 6.45) is -1.46. The third-order valence-corrected chi connectivity index (χ3v) is 5.17. The van der Waals surface area contributed by atoms with E-state index in [9.17, 15) is 13.2 Å². The van der Waals surface area contributed by atoms with E-state index in [1.807, 2.05) is 0 Å². The average molecular weight is 521 g/mol. The van der Waals surface area contributed by atoms with Crippen LogP contribution in [0.3, 0.4) is 0 Å². The Morgan fingerprint density at radius 1 is 1.07 bits per heavy atom. The van der Waals surface area contributed by atoms with Gasteiger partial charge in [0.1, 0.15) is 0 Å². The summed E-state index contributed by atoms with van der Waals surface area (Å²) >= 11 is 0. The van der Waals surface area contributed by atoms with Crippen molar-refractivity contribution >= 4 is 29.9 Å². The Kier molecular flexibility index (Phi) is 13.7. The van der Waals surface area contributed by atoms with Gasteiger partial charge in [0.05, 0.1) is 6.54 Å². The van der Waals surface area contributed by atoms with Crippen molar-refractivity contribution in [3.05, 3.63) is 0 Å². The molecule has 0 aromatic rings. The van der Waals surface area contributed by atoms with Gasteiger partial charge in [-0.05, 0) is 66.0 Å². The molecular weight excluding hydrogens is 482 g/mol. The van der Waals surface area contributed by atoms with Gasteiger partial charge in [0.15, 0.2) is 5.96 Å². The van der Waals surface area contributed by atoms with E-state index in [0.29, 0.717) is 31.1 Å². The van der Waals surface area contributed by atoms with Crippen molar-refractivity contribution in [1.82, 2.24) is 20.4 Å². The normalized spacial score (nSPS) is 17.3. The van der Waals surface area contributed by atoms with E-state index in [4.69, 9.17) is 0 Å². The van der Waals surface area contributed by atoms with Crippen LogP contribution in [0.15, 0.2) is 4.99 Å². The highest BCUT2D eigenvalue weighted by molar-refractivity contribution is 14.0. The average Bonchev–Trinajstić information content (AvgIpc) is 2.56. The lowest BCUT2D eigenvalue weighted by Crippen LogP contribution is -2.45. The van der Waals surface area contributed by atoms with E-state index in [1.165, 1.54) is 4.90 Å². The summed E-state index contributed by atoms with van der Waals surface area (Å²) in [5.41, 5.74) is 0. The number of hydrogen-bond acceptors (Lipinski definition) is 3. The molecule has 1 rings (SSSR count). The fourth-order valence-electron chi connectivity index (χ4n) is 3.72. The van der Waals surface area contributed by atoms with Crippen LogP contribution in [0.25, 0.3) is 0 Å². The summed E-state index contributed by atoms with van der Waals surface area (Å²) in [6, 6.07) is 1.01. The second kappa shape index (κ2) is 13.8. The zero-order valence-electron chi connectivity index (χ0n) is 18.0. The molecule has 0 saturated carbocycles. The van der Waals surface area contributed by atoms with E-state index in [1.54, 1.807) is 7.05 Å². The van der Waals surface area contributed by atoms with Crippen molar-refractivity contribution in [3.63, 3.8) is 0 Å². The molecule has 28 heavy (non-hydrogen) atoms. The van der Waals surface area contributed by atoms with Crippen LogP contribution in [0.5, 0.6) is 0 Å². The van der Waals surface area contributed by atoms with E-state index >= 15 is 0 Å². The molecule has 0 atom stereocenters. The molecule has 0 aromatic heterocycles. The van der Waals surface area contributed by atoms with Gasteiger partial charge in [-0.3, -0.25) is 14.8 Å². The smallest absolute Gasteiger partial charge is 0.356 e. The number of halogens is 4. The van der Waals surface area contributed by atoms with Gasteiger partial charge in [-0.15, -0.1) is 24.0 Å². The molecule has 5 nitrogen and oxygen atoms in total. The molecule has 1 saturated heterocycles. The Balaban J connectivity index is 0.00000729. The molecule has 0 bridgehead atoms. The van der Waals surface area contributed by atoms with Gasteiger partial charge in [-0.1, -0.05) is 0 Å². The van der Waals surface area contributed by atoms with Crippen molar-refractivity contribution in [2.24, 2.45) is 10.9 Å². The molecule has 0 aromatic carbocycles. The third-order valence-electron chi connectivity index (χ3n) is 5.17. The van der Waals surface area contributed by atoms with Crippen molar-refractivity contribution in [2.75, 3.05) is 46.3 Å². The summed E-state index contributed by atoms with van der Waals surface area (Å²) in [5, 5.41) is 6.67. The van der Waals surface area contributed by atoms with E-state index < -0.39 is 12.7 Å². The fraction of sp³-hybridized carbons (Fsp3) is 0.947. The molecule has 0 spiro atoms. The predicted molar refractivity (Wildman–Crippen MR) is 122 cm³/mol. The first-order chi connectivity index (χ1) is 12.6. The molecule has 0 aliphatic carbocycles. The van der Waals surface area contributed by atoms with E-state index in [2.05, 4.69) is 48.2 Å². The van der Waals surface area contributed by atoms with Gasteiger partial charge in [0.2, 0.25) is 0 Å². The molecule has 0 radical (unpaired) electrons. The zero-order valence-corrected chi connectivity index (χ0v) is 20.3. The Morgan fingerprint density at radius 3 is 2.07 bits per heavy atom. The molecule has 1 fully saturated rings. The van der Waals surface area contributed by atoms with Crippen LogP contribution >= 0.6 is 24.0 Å². The number of alkyl halides is 3.